The molecule has 0 saturated heterocycles. The van der Waals surface area contributed by atoms with Crippen molar-refractivity contribution < 1.29 is 26.0 Å². The quantitative estimate of drug-likeness (QED) is 0.687. The van der Waals surface area contributed by atoms with Crippen molar-refractivity contribution in [2.45, 2.75) is 6.18 Å². The highest BCUT2D eigenvalue weighted by molar-refractivity contribution is 7.92. The number of anilines is 1. The highest BCUT2D eigenvalue weighted by atomic mass is 35.5. The van der Waals surface area contributed by atoms with Crippen LogP contribution >= 0.6 is 11.6 Å². The molecule has 1 aromatic carbocycles. The minimum Gasteiger partial charge on any atom is -0.284 e. The van der Waals surface area contributed by atoms with Gasteiger partial charge in [-0.25, -0.2) is 12.8 Å². The van der Waals surface area contributed by atoms with E-state index in [9.17, 15) is 26.0 Å². The Balaban J connectivity index is 3.07. The number of halogens is 5. The van der Waals surface area contributed by atoms with Gasteiger partial charge in [-0.15, -0.1) is 11.6 Å². The summed E-state index contributed by atoms with van der Waals surface area (Å²) < 4.78 is 74.5. The molecule has 0 spiro atoms. The Morgan fingerprint density at radius 3 is 2.39 bits per heavy atom. The first-order chi connectivity index (χ1) is 8.15. The summed E-state index contributed by atoms with van der Waals surface area (Å²) in [7, 11) is -3.83. The highest BCUT2D eigenvalue weighted by Crippen LogP contribution is 2.33. The average Bonchev–Trinajstić information content (AvgIpc) is 2.18. The molecule has 102 valence electrons. The first kappa shape index (κ1) is 15.0. The third kappa shape index (κ3) is 4.02. The zero-order chi connectivity index (χ0) is 14.0. The zero-order valence-electron chi connectivity index (χ0n) is 8.76. The Hall–Kier alpha value is -1.02. The van der Waals surface area contributed by atoms with E-state index in [1.165, 1.54) is 0 Å². The second-order valence-corrected chi connectivity index (χ2v) is 5.52. The largest absolute Gasteiger partial charge is 0.419 e. The average molecular weight is 306 g/mol. The van der Waals surface area contributed by atoms with E-state index >= 15 is 0 Å². The second-order valence-electron chi connectivity index (χ2n) is 3.30. The van der Waals surface area contributed by atoms with Crippen LogP contribution in [-0.2, 0) is 16.2 Å². The van der Waals surface area contributed by atoms with E-state index in [1.54, 1.807) is 0 Å². The molecule has 0 saturated carbocycles. The SMILES string of the molecule is O=S(=O)(CCCl)Nc1ccc(F)c(C(F)(F)F)c1. The summed E-state index contributed by atoms with van der Waals surface area (Å²) in [5, 5.41) is 0. The Bertz CT molecular complexity index is 530. The molecule has 0 aliphatic rings. The lowest BCUT2D eigenvalue weighted by molar-refractivity contribution is -0.139. The summed E-state index contributed by atoms with van der Waals surface area (Å²) in [6.07, 6.45) is -4.89. The van der Waals surface area contributed by atoms with Crippen LogP contribution in [0.5, 0.6) is 0 Å². The topological polar surface area (TPSA) is 46.2 Å². The number of sulfonamides is 1. The molecule has 0 aliphatic heterocycles. The van der Waals surface area contributed by atoms with E-state index in [2.05, 4.69) is 0 Å². The minimum atomic E-state index is -4.89. The zero-order valence-corrected chi connectivity index (χ0v) is 10.3. The van der Waals surface area contributed by atoms with Crippen molar-refractivity contribution in [3.63, 3.8) is 0 Å². The van der Waals surface area contributed by atoms with Gasteiger partial charge >= 0.3 is 6.18 Å². The molecule has 9 heteroatoms. The van der Waals surface area contributed by atoms with Gasteiger partial charge in [0.2, 0.25) is 10.0 Å². The maximum absolute atomic E-state index is 12.9. The fourth-order valence-electron chi connectivity index (χ4n) is 1.14. The van der Waals surface area contributed by atoms with Crippen molar-refractivity contribution in [2.75, 3.05) is 16.4 Å². The van der Waals surface area contributed by atoms with Crippen LogP contribution in [0.3, 0.4) is 0 Å². The molecule has 3 nitrogen and oxygen atoms in total. The second kappa shape index (κ2) is 5.31. The van der Waals surface area contributed by atoms with E-state index in [1.807, 2.05) is 4.72 Å². The molecule has 1 rings (SSSR count). The van der Waals surface area contributed by atoms with Gasteiger partial charge in [0.1, 0.15) is 5.82 Å². The van der Waals surface area contributed by atoms with Crippen molar-refractivity contribution in [2.24, 2.45) is 0 Å². The summed E-state index contributed by atoms with van der Waals surface area (Å²) in [5.74, 6) is -2.13. The molecule has 1 aromatic rings. The summed E-state index contributed by atoms with van der Waals surface area (Å²) >= 11 is 5.22. The molecule has 0 fully saturated rings. The van der Waals surface area contributed by atoms with E-state index in [4.69, 9.17) is 11.6 Å². The molecule has 0 atom stereocenters. The van der Waals surface area contributed by atoms with Crippen molar-refractivity contribution in [1.29, 1.82) is 0 Å². The Morgan fingerprint density at radius 1 is 1.28 bits per heavy atom. The highest BCUT2D eigenvalue weighted by Gasteiger charge is 2.34. The smallest absolute Gasteiger partial charge is 0.284 e. The van der Waals surface area contributed by atoms with E-state index in [0.717, 1.165) is 6.07 Å². The molecule has 0 aromatic heterocycles. The van der Waals surface area contributed by atoms with Gasteiger partial charge in [0.25, 0.3) is 0 Å². The molecule has 0 aliphatic carbocycles. The molecular weight excluding hydrogens is 298 g/mol. The van der Waals surface area contributed by atoms with Crippen molar-refractivity contribution in [3.05, 3.63) is 29.6 Å². The predicted octanol–water partition coefficient (Wildman–Crippen LogP) is 2.83. The number of rotatable bonds is 4. The fourth-order valence-corrected chi connectivity index (χ4v) is 2.54. The lowest BCUT2D eigenvalue weighted by atomic mass is 10.2. The van der Waals surface area contributed by atoms with Crippen LogP contribution in [0, 0.1) is 5.82 Å². The maximum Gasteiger partial charge on any atom is 0.419 e. The van der Waals surface area contributed by atoms with E-state index < -0.39 is 33.3 Å². The number of alkyl halides is 4. The van der Waals surface area contributed by atoms with Crippen LogP contribution in [0.1, 0.15) is 5.56 Å². The number of nitrogens with one attached hydrogen (secondary N) is 1. The van der Waals surface area contributed by atoms with Crippen LogP contribution in [-0.4, -0.2) is 20.1 Å². The Labute approximate surface area is 106 Å². The van der Waals surface area contributed by atoms with Crippen LogP contribution < -0.4 is 4.72 Å². The monoisotopic (exact) mass is 305 g/mol. The van der Waals surface area contributed by atoms with Gasteiger partial charge in [-0.2, -0.15) is 13.2 Å². The van der Waals surface area contributed by atoms with Gasteiger partial charge in [-0.05, 0) is 18.2 Å². The van der Waals surface area contributed by atoms with Gasteiger partial charge in [-0.3, -0.25) is 4.72 Å². The van der Waals surface area contributed by atoms with E-state index in [-0.39, 0.29) is 11.6 Å². The summed E-state index contributed by atoms with van der Waals surface area (Å²) in [4.78, 5) is 0. The molecule has 0 unspecified atom stereocenters. The molecule has 0 bridgehead atoms. The molecule has 0 radical (unpaired) electrons. The summed E-state index contributed by atoms with van der Waals surface area (Å²) in [6.45, 7) is 0. The van der Waals surface area contributed by atoms with Crippen LogP contribution in [0.4, 0.5) is 23.2 Å². The summed E-state index contributed by atoms with van der Waals surface area (Å²) in [5.41, 5.74) is -1.90. The van der Waals surface area contributed by atoms with E-state index in [0.29, 0.717) is 12.1 Å². The lowest BCUT2D eigenvalue weighted by Crippen LogP contribution is -2.18. The lowest BCUT2D eigenvalue weighted by Gasteiger charge is -2.11. The van der Waals surface area contributed by atoms with Crippen molar-refractivity contribution in [1.82, 2.24) is 0 Å². The standard InChI is InChI=1S/C9H8ClF4NO2S/c10-3-4-18(16,17)15-6-1-2-8(11)7(5-6)9(12,13)14/h1-2,5,15H,3-4H2. The fraction of sp³-hybridized carbons (Fsp3) is 0.333. The first-order valence-electron chi connectivity index (χ1n) is 4.59. The molecule has 0 amide bonds. The van der Waals surface area contributed by atoms with Gasteiger partial charge in [-0.1, -0.05) is 0 Å². The van der Waals surface area contributed by atoms with Crippen molar-refractivity contribution in [3.8, 4) is 0 Å². The van der Waals surface area contributed by atoms with Crippen LogP contribution in [0.25, 0.3) is 0 Å². The molecular formula is C9H8ClF4NO2S. The first-order valence-corrected chi connectivity index (χ1v) is 6.77. The van der Waals surface area contributed by atoms with Crippen LogP contribution in [0.15, 0.2) is 18.2 Å². The Morgan fingerprint density at radius 2 is 1.89 bits per heavy atom. The maximum atomic E-state index is 12.9. The minimum absolute atomic E-state index is 0.206. The van der Waals surface area contributed by atoms with Gasteiger partial charge in [0.05, 0.1) is 11.3 Å². The Kier molecular flexibility index (Phi) is 4.44. The predicted molar refractivity (Wildman–Crippen MR) is 59.5 cm³/mol. The van der Waals surface area contributed by atoms with Crippen LogP contribution in [0.2, 0.25) is 0 Å². The number of hydrogen-bond acceptors (Lipinski definition) is 2. The molecule has 18 heavy (non-hydrogen) atoms. The number of hydrogen-bond donors (Lipinski definition) is 1. The normalized spacial score (nSPS) is 12.5. The van der Waals surface area contributed by atoms with Gasteiger partial charge in [0, 0.05) is 11.6 Å². The van der Waals surface area contributed by atoms with Crippen molar-refractivity contribution >= 4 is 27.3 Å². The summed E-state index contributed by atoms with van der Waals surface area (Å²) in [6, 6.07) is 1.83. The number of benzene rings is 1. The molecule has 0 heterocycles. The third-order valence-electron chi connectivity index (χ3n) is 1.89. The third-order valence-corrected chi connectivity index (χ3v) is 3.59. The van der Waals surface area contributed by atoms with Gasteiger partial charge in [0.15, 0.2) is 0 Å². The molecule has 1 N–H and O–H groups in total. The van der Waals surface area contributed by atoms with Gasteiger partial charge < -0.3 is 0 Å².